The average Bonchev–Trinajstić information content (AvgIpc) is 2.15. The molecule has 0 unspecified atom stereocenters. The number of nitrogen functional groups attached to an aromatic ring is 2. The number of hydrogen-bond donors (Lipinski definition) is 3. The molecule has 7 nitrogen and oxygen atoms in total. The minimum absolute atomic E-state index is 0.101. The maximum atomic E-state index is 8.81. The lowest BCUT2D eigenvalue weighted by Gasteiger charge is -2.17. The Morgan fingerprint density at radius 3 is 2.27 bits per heavy atom. The molecule has 1 heterocycles. The molecule has 0 aliphatic heterocycles. The van der Waals surface area contributed by atoms with Crippen molar-refractivity contribution in [2.75, 3.05) is 31.2 Å². The Balaban J connectivity index is 2.69. The molecule has 0 aliphatic carbocycles. The van der Waals surface area contributed by atoms with Crippen LogP contribution in [-0.4, -0.2) is 44.7 Å². The van der Waals surface area contributed by atoms with Crippen LogP contribution < -0.4 is 11.5 Å². The van der Waals surface area contributed by atoms with E-state index in [4.69, 9.17) is 16.6 Å². The lowest BCUT2D eigenvalue weighted by Crippen LogP contribution is -2.27. The summed E-state index contributed by atoms with van der Waals surface area (Å²) in [6.45, 7) is 3.97. The van der Waals surface area contributed by atoms with E-state index in [1.165, 1.54) is 0 Å². The van der Waals surface area contributed by atoms with E-state index in [-0.39, 0.29) is 18.5 Å². The molecule has 5 N–H and O–H groups in total. The molecular formula is C8H16N6O. The number of aromatic nitrogens is 3. The van der Waals surface area contributed by atoms with Gasteiger partial charge in [0.05, 0.1) is 13.2 Å². The highest BCUT2D eigenvalue weighted by Crippen LogP contribution is 2.02. The van der Waals surface area contributed by atoms with E-state index >= 15 is 0 Å². The molecule has 0 fully saturated rings. The number of nitrogens with two attached hydrogens (primary N) is 2. The monoisotopic (exact) mass is 212 g/mol. The van der Waals surface area contributed by atoms with E-state index in [9.17, 15) is 0 Å². The fourth-order valence-corrected chi connectivity index (χ4v) is 1.22. The molecule has 1 rings (SSSR count). The van der Waals surface area contributed by atoms with Crippen LogP contribution in [0.25, 0.3) is 0 Å². The Morgan fingerprint density at radius 1 is 1.20 bits per heavy atom. The van der Waals surface area contributed by atoms with Crippen molar-refractivity contribution in [3.8, 4) is 0 Å². The quantitative estimate of drug-likeness (QED) is 0.564. The standard InChI is InChI=1S/C8H16N6O/c1-2-14(3-4-15)5-6-11-7(9)13-8(10)12-6/h15H,2-5H2,1H3,(H4,9,10,11,12,13). The van der Waals surface area contributed by atoms with Crippen molar-refractivity contribution < 1.29 is 5.11 Å². The zero-order valence-corrected chi connectivity index (χ0v) is 8.72. The van der Waals surface area contributed by atoms with E-state index in [1.807, 2.05) is 11.8 Å². The molecule has 0 radical (unpaired) electrons. The molecule has 0 saturated heterocycles. The molecule has 0 atom stereocenters. The van der Waals surface area contributed by atoms with E-state index in [1.54, 1.807) is 0 Å². The van der Waals surface area contributed by atoms with Crippen LogP contribution >= 0.6 is 0 Å². The molecular weight excluding hydrogens is 196 g/mol. The van der Waals surface area contributed by atoms with E-state index in [0.29, 0.717) is 18.9 Å². The second-order valence-electron chi connectivity index (χ2n) is 3.06. The third-order valence-electron chi connectivity index (χ3n) is 1.94. The van der Waals surface area contributed by atoms with Crippen LogP contribution in [0.15, 0.2) is 0 Å². The maximum absolute atomic E-state index is 8.81. The molecule has 0 aliphatic rings. The summed E-state index contributed by atoms with van der Waals surface area (Å²) in [5.41, 5.74) is 10.9. The molecule has 0 spiro atoms. The largest absolute Gasteiger partial charge is 0.395 e. The summed E-state index contributed by atoms with van der Waals surface area (Å²) in [5.74, 6) is 0.769. The van der Waals surface area contributed by atoms with Crippen molar-refractivity contribution in [2.45, 2.75) is 13.5 Å². The van der Waals surface area contributed by atoms with Gasteiger partial charge in [-0.1, -0.05) is 6.92 Å². The minimum atomic E-state index is 0.101. The number of nitrogens with zero attached hydrogens (tertiary/aromatic N) is 4. The van der Waals surface area contributed by atoms with E-state index < -0.39 is 0 Å². The van der Waals surface area contributed by atoms with Crippen LogP contribution in [0.4, 0.5) is 11.9 Å². The van der Waals surface area contributed by atoms with E-state index in [0.717, 1.165) is 6.54 Å². The number of hydrogen-bond acceptors (Lipinski definition) is 7. The van der Waals surface area contributed by atoms with Crippen molar-refractivity contribution in [2.24, 2.45) is 0 Å². The van der Waals surface area contributed by atoms with Gasteiger partial charge in [0, 0.05) is 6.54 Å². The fourth-order valence-electron chi connectivity index (χ4n) is 1.22. The van der Waals surface area contributed by atoms with Crippen LogP contribution in [0.3, 0.4) is 0 Å². The highest BCUT2D eigenvalue weighted by atomic mass is 16.3. The van der Waals surface area contributed by atoms with Gasteiger partial charge in [-0.15, -0.1) is 0 Å². The molecule has 0 amide bonds. The maximum Gasteiger partial charge on any atom is 0.225 e. The summed E-state index contributed by atoms with van der Waals surface area (Å²) >= 11 is 0. The van der Waals surface area contributed by atoms with Crippen LogP contribution in [0.1, 0.15) is 12.7 Å². The SMILES string of the molecule is CCN(CCO)Cc1nc(N)nc(N)n1. The number of rotatable bonds is 5. The van der Waals surface area contributed by atoms with Crippen molar-refractivity contribution in [1.29, 1.82) is 0 Å². The van der Waals surface area contributed by atoms with Crippen molar-refractivity contribution in [1.82, 2.24) is 19.9 Å². The topological polar surface area (TPSA) is 114 Å². The van der Waals surface area contributed by atoms with Gasteiger partial charge in [0.1, 0.15) is 5.82 Å². The highest BCUT2D eigenvalue weighted by molar-refractivity contribution is 5.25. The predicted octanol–water partition coefficient (Wildman–Crippen LogP) is -1.15. The van der Waals surface area contributed by atoms with Gasteiger partial charge in [-0.25, -0.2) is 0 Å². The van der Waals surface area contributed by atoms with Gasteiger partial charge in [0.15, 0.2) is 0 Å². The summed E-state index contributed by atoms with van der Waals surface area (Å²) < 4.78 is 0. The summed E-state index contributed by atoms with van der Waals surface area (Å²) in [6.07, 6.45) is 0. The van der Waals surface area contributed by atoms with Gasteiger partial charge in [-0.05, 0) is 6.54 Å². The number of likely N-dealkylation sites (N-methyl/N-ethyl adjacent to an activating group) is 1. The van der Waals surface area contributed by atoms with Gasteiger partial charge < -0.3 is 16.6 Å². The van der Waals surface area contributed by atoms with Crippen molar-refractivity contribution >= 4 is 11.9 Å². The summed E-state index contributed by atoms with van der Waals surface area (Å²) in [7, 11) is 0. The van der Waals surface area contributed by atoms with Gasteiger partial charge in [0.2, 0.25) is 11.9 Å². The average molecular weight is 212 g/mol. The zero-order valence-electron chi connectivity index (χ0n) is 8.72. The van der Waals surface area contributed by atoms with Gasteiger partial charge in [0.25, 0.3) is 0 Å². The number of aliphatic hydroxyl groups excluding tert-OH is 1. The Bertz CT molecular complexity index is 298. The Kier molecular flexibility index (Phi) is 4.19. The third-order valence-corrected chi connectivity index (χ3v) is 1.94. The molecule has 0 aromatic carbocycles. The molecule has 7 heteroatoms. The lowest BCUT2D eigenvalue weighted by molar-refractivity contribution is 0.194. The fraction of sp³-hybridized carbons (Fsp3) is 0.625. The second kappa shape index (κ2) is 5.42. The molecule has 15 heavy (non-hydrogen) atoms. The van der Waals surface area contributed by atoms with Crippen LogP contribution in [0, 0.1) is 0 Å². The second-order valence-corrected chi connectivity index (χ2v) is 3.06. The lowest BCUT2D eigenvalue weighted by atomic mass is 10.4. The Labute approximate surface area is 88.1 Å². The van der Waals surface area contributed by atoms with Crippen LogP contribution in [0.2, 0.25) is 0 Å². The van der Waals surface area contributed by atoms with Crippen LogP contribution in [-0.2, 0) is 6.54 Å². The normalized spacial score (nSPS) is 10.9. The third kappa shape index (κ3) is 3.64. The number of anilines is 2. The van der Waals surface area contributed by atoms with Crippen molar-refractivity contribution in [3.63, 3.8) is 0 Å². The molecule has 1 aromatic rings. The summed E-state index contributed by atoms with van der Waals surface area (Å²) in [5, 5.41) is 8.81. The Hall–Kier alpha value is -1.47. The first-order valence-corrected chi connectivity index (χ1v) is 4.74. The highest BCUT2D eigenvalue weighted by Gasteiger charge is 2.07. The predicted molar refractivity (Wildman–Crippen MR) is 56.7 cm³/mol. The Morgan fingerprint density at radius 2 is 1.80 bits per heavy atom. The van der Waals surface area contributed by atoms with Crippen LogP contribution in [0.5, 0.6) is 0 Å². The summed E-state index contributed by atoms with van der Waals surface area (Å²) in [4.78, 5) is 13.6. The van der Waals surface area contributed by atoms with E-state index in [2.05, 4.69) is 15.0 Å². The van der Waals surface area contributed by atoms with Gasteiger partial charge in [-0.2, -0.15) is 15.0 Å². The molecule has 0 saturated carbocycles. The number of aliphatic hydroxyl groups is 1. The van der Waals surface area contributed by atoms with Gasteiger partial charge >= 0.3 is 0 Å². The smallest absolute Gasteiger partial charge is 0.225 e. The first-order valence-electron chi connectivity index (χ1n) is 4.74. The first-order chi connectivity index (χ1) is 7.15. The molecule has 1 aromatic heterocycles. The minimum Gasteiger partial charge on any atom is -0.395 e. The molecule has 84 valence electrons. The zero-order chi connectivity index (χ0) is 11.3. The van der Waals surface area contributed by atoms with Gasteiger partial charge in [-0.3, -0.25) is 4.90 Å². The van der Waals surface area contributed by atoms with Crippen molar-refractivity contribution in [3.05, 3.63) is 5.82 Å². The molecule has 0 bridgehead atoms. The summed E-state index contributed by atoms with van der Waals surface area (Å²) in [6, 6.07) is 0. The first kappa shape index (κ1) is 11.6.